The van der Waals surface area contributed by atoms with Crippen LogP contribution in [0.5, 0.6) is 11.5 Å². The van der Waals surface area contributed by atoms with Crippen molar-refractivity contribution < 1.29 is 14.3 Å². The molecule has 0 atom stereocenters. The number of nitrogens with zero attached hydrogens (tertiary/aromatic N) is 2. The second-order valence-electron chi connectivity index (χ2n) is 8.29. The van der Waals surface area contributed by atoms with Crippen molar-refractivity contribution in [1.29, 1.82) is 0 Å². The summed E-state index contributed by atoms with van der Waals surface area (Å²) >= 11 is 6.52. The van der Waals surface area contributed by atoms with Crippen LogP contribution >= 0.6 is 11.6 Å². The molecule has 0 saturated heterocycles. The average Bonchev–Trinajstić information content (AvgIpc) is 2.86. The van der Waals surface area contributed by atoms with Crippen molar-refractivity contribution in [2.75, 3.05) is 26.1 Å². The SMILES string of the molecule is COc1ccc(CCN(Cc2cc3ccccc3nc2Cl)C(=O)Nc2cccc(C)c2)cc1OC. The molecule has 0 aliphatic heterocycles. The van der Waals surface area contributed by atoms with Crippen molar-refractivity contribution >= 4 is 34.2 Å². The summed E-state index contributed by atoms with van der Waals surface area (Å²) in [6, 6.07) is 23.1. The van der Waals surface area contributed by atoms with Crippen LogP contribution in [0, 0.1) is 6.92 Å². The lowest BCUT2D eigenvalue weighted by Crippen LogP contribution is -2.36. The fourth-order valence-corrected chi connectivity index (χ4v) is 4.14. The fraction of sp³-hybridized carbons (Fsp3) is 0.214. The van der Waals surface area contributed by atoms with E-state index in [1.807, 2.05) is 79.7 Å². The number of anilines is 1. The maximum atomic E-state index is 13.4. The van der Waals surface area contributed by atoms with Gasteiger partial charge in [0.05, 0.1) is 26.3 Å². The van der Waals surface area contributed by atoms with Crippen molar-refractivity contribution in [3.05, 3.63) is 94.6 Å². The van der Waals surface area contributed by atoms with E-state index in [1.165, 1.54) is 0 Å². The van der Waals surface area contributed by atoms with Crippen LogP contribution in [0.4, 0.5) is 10.5 Å². The number of urea groups is 1. The monoisotopic (exact) mass is 489 g/mol. The largest absolute Gasteiger partial charge is 0.493 e. The molecule has 35 heavy (non-hydrogen) atoms. The molecule has 180 valence electrons. The number of methoxy groups -OCH3 is 2. The average molecular weight is 490 g/mol. The second-order valence-corrected chi connectivity index (χ2v) is 8.65. The molecule has 0 spiro atoms. The van der Waals surface area contributed by atoms with Gasteiger partial charge in [-0.05, 0) is 60.9 Å². The highest BCUT2D eigenvalue weighted by Crippen LogP contribution is 2.28. The van der Waals surface area contributed by atoms with Crippen LogP contribution in [-0.4, -0.2) is 36.7 Å². The molecule has 0 unspecified atom stereocenters. The first-order chi connectivity index (χ1) is 17.0. The Balaban J connectivity index is 1.59. The predicted molar refractivity (Wildman–Crippen MR) is 141 cm³/mol. The summed E-state index contributed by atoms with van der Waals surface area (Å²) in [7, 11) is 3.22. The summed E-state index contributed by atoms with van der Waals surface area (Å²) in [5.41, 5.74) is 4.45. The van der Waals surface area contributed by atoms with Gasteiger partial charge < -0.3 is 19.7 Å². The molecule has 4 rings (SSSR count). The molecule has 0 aliphatic carbocycles. The molecule has 3 aromatic carbocycles. The zero-order valence-electron chi connectivity index (χ0n) is 20.0. The highest BCUT2D eigenvalue weighted by molar-refractivity contribution is 6.30. The number of carbonyl (C=O) groups is 1. The van der Waals surface area contributed by atoms with E-state index < -0.39 is 0 Å². The Morgan fingerprint density at radius 3 is 2.54 bits per heavy atom. The van der Waals surface area contributed by atoms with Crippen LogP contribution in [0.2, 0.25) is 5.15 Å². The Morgan fingerprint density at radius 2 is 1.77 bits per heavy atom. The van der Waals surface area contributed by atoms with Crippen LogP contribution in [0.25, 0.3) is 10.9 Å². The van der Waals surface area contributed by atoms with Crippen molar-refractivity contribution in [2.24, 2.45) is 0 Å². The van der Waals surface area contributed by atoms with E-state index in [-0.39, 0.29) is 6.03 Å². The van der Waals surface area contributed by atoms with Crippen molar-refractivity contribution in [3.8, 4) is 11.5 Å². The van der Waals surface area contributed by atoms with E-state index >= 15 is 0 Å². The lowest BCUT2D eigenvalue weighted by atomic mass is 10.1. The minimum atomic E-state index is -0.208. The van der Waals surface area contributed by atoms with E-state index in [1.54, 1.807) is 19.1 Å². The summed E-state index contributed by atoms with van der Waals surface area (Å²) in [5.74, 6) is 1.32. The Hall–Kier alpha value is -3.77. The third-order valence-corrected chi connectivity index (χ3v) is 6.11. The number of amides is 2. The van der Waals surface area contributed by atoms with Gasteiger partial charge in [-0.1, -0.05) is 48.0 Å². The van der Waals surface area contributed by atoms with E-state index in [0.29, 0.717) is 36.2 Å². The lowest BCUT2D eigenvalue weighted by molar-refractivity contribution is 0.210. The number of para-hydroxylation sites is 1. The number of hydrogen-bond acceptors (Lipinski definition) is 4. The van der Waals surface area contributed by atoms with Gasteiger partial charge in [0.2, 0.25) is 0 Å². The normalized spacial score (nSPS) is 10.7. The quantitative estimate of drug-likeness (QED) is 0.287. The van der Waals surface area contributed by atoms with Crippen LogP contribution in [0.15, 0.2) is 72.8 Å². The molecule has 0 radical (unpaired) electrons. The summed E-state index contributed by atoms with van der Waals surface area (Å²) in [6.45, 7) is 2.78. The number of pyridine rings is 1. The highest BCUT2D eigenvalue weighted by Gasteiger charge is 2.18. The van der Waals surface area contributed by atoms with Gasteiger partial charge in [0.1, 0.15) is 5.15 Å². The number of benzene rings is 3. The van der Waals surface area contributed by atoms with Gasteiger partial charge in [-0.25, -0.2) is 9.78 Å². The summed E-state index contributed by atoms with van der Waals surface area (Å²) in [5, 5.41) is 4.39. The van der Waals surface area contributed by atoms with Crippen LogP contribution in [-0.2, 0) is 13.0 Å². The van der Waals surface area contributed by atoms with E-state index in [4.69, 9.17) is 21.1 Å². The summed E-state index contributed by atoms with van der Waals surface area (Å²) in [6.07, 6.45) is 0.625. The Labute approximate surface area is 210 Å². The fourth-order valence-electron chi connectivity index (χ4n) is 3.93. The third-order valence-electron chi connectivity index (χ3n) is 5.79. The van der Waals surface area contributed by atoms with Crippen molar-refractivity contribution in [1.82, 2.24) is 9.88 Å². The molecule has 0 bridgehead atoms. The van der Waals surface area contributed by atoms with Crippen LogP contribution in [0.3, 0.4) is 0 Å². The molecular weight excluding hydrogens is 462 g/mol. The number of halogens is 1. The number of nitrogens with one attached hydrogen (secondary N) is 1. The standard InChI is InChI=1S/C28H28ClN3O3/c1-19-7-6-9-23(15-19)30-28(33)32(14-13-20-11-12-25(34-2)26(16-20)35-3)18-22-17-21-8-4-5-10-24(21)31-27(22)29/h4-12,15-17H,13-14,18H2,1-3H3,(H,30,33). The number of carbonyl (C=O) groups excluding carboxylic acids is 1. The van der Waals surface area contributed by atoms with Crippen LogP contribution in [0.1, 0.15) is 16.7 Å². The van der Waals surface area contributed by atoms with Gasteiger partial charge in [0, 0.05) is 23.2 Å². The Bertz CT molecular complexity index is 1340. The molecule has 0 aliphatic rings. The number of hydrogen-bond donors (Lipinski definition) is 1. The van der Waals surface area contributed by atoms with E-state index in [9.17, 15) is 4.79 Å². The second kappa shape index (κ2) is 11.1. The van der Waals surface area contributed by atoms with Crippen LogP contribution < -0.4 is 14.8 Å². The Kier molecular flexibility index (Phi) is 7.73. The first kappa shape index (κ1) is 24.4. The predicted octanol–water partition coefficient (Wildman–Crippen LogP) is 6.49. The van der Waals surface area contributed by atoms with E-state index in [0.717, 1.165) is 33.3 Å². The number of aromatic nitrogens is 1. The third kappa shape index (κ3) is 6.03. The zero-order chi connectivity index (χ0) is 24.8. The molecule has 2 amide bonds. The number of ether oxygens (including phenoxy) is 2. The maximum absolute atomic E-state index is 13.4. The topological polar surface area (TPSA) is 63.7 Å². The number of rotatable bonds is 8. The van der Waals surface area contributed by atoms with Gasteiger partial charge in [-0.2, -0.15) is 0 Å². The van der Waals surface area contributed by atoms with Crippen molar-refractivity contribution in [3.63, 3.8) is 0 Å². The van der Waals surface area contributed by atoms with Gasteiger partial charge in [-0.15, -0.1) is 0 Å². The molecule has 6 nitrogen and oxygen atoms in total. The first-order valence-electron chi connectivity index (χ1n) is 11.3. The zero-order valence-corrected chi connectivity index (χ0v) is 20.8. The smallest absolute Gasteiger partial charge is 0.322 e. The molecular formula is C28H28ClN3O3. The lowest BCUT2D eigenvalue weighted by Gasteiger charge is -2.24. The minimum Gasteiger partial charge on any atom is -0.493 e. The van der Waals surface area contributed by atoms with Gasteiger partial charge in [-0.3, -0.25) is 0 Å². The van der Waals surface area contributed by atoms with Gasteiger partial charge >= 0.3 is 6.03 Å². The molecule has 4 aromatic rings. The van der Waals surface area contributed by atoms with Gasteiger partial charge in [0.25, 0.3) is 0 Å². The van der Waals surface area contributed by atoms with Gasteiger partial charge in [0.15, 0.2) is 11.5 Å². The molecule has 1 N–H and O–H groups in total. The number of fused-ring (bicyclic) bond motifs is 1. The highest BCUT2D eigenvalue weighted by atomic mass is 35.5. The number of aryl methyl sites for hydroxylation is 1. The minimum absolute atomic E-state index is 0.208. The first-order valence-corrected chi connectivity index (χ1v) is 11.7. The van der Waals surface area contributed by atoms with Crippen molar-refractivity contribution in [2.45, 2.75) is 19.9 Å². The molecule has 7 heteroatoms. The molecule has 1 heterocycles. The van der Waals surface area contributed by atoms with E-state index in [2.05, 4.69) is 10.3 Å². The summed E-state index contributed by atoms with van der Waals surface area (Å²) in [4.78, 5) is 19.6. The molecule has 0 saturated carbocycles. The molecule has 0 fully saturated rings. The maximum Gasteiger partial charge on any atom is 0.322 e. The molecule has 1 aromatic heterocycles. The summed E-state index contributed by atoms with van der Waals surface area (Å²) < 4.78 is 10.8. The Morgan fingerprint density at radius 1 is 0.971 bits per heavy atom.